The van der Waals surface area contributed by atoms with Gasteiger partial charge in [0.2, 0.25) is 0 Å². The van der Waals surface area contributed by atoms with E-state index < -0.39 is 11.7 Å². The number of hydrogen-bond acceptors (Lipinski definition) is 2. The summed E-state index contributed by atoms with van der Waals surface area (Å²) in [6.45, 7) is 5.89. The van der Waals surface area contributed by atoms with Crippen LogP contribution in [-0.2, 0) is 0 Å². The third-order valence-corrected chi connectivity index (χ3v) is 2.56. The first-order chi connectivity index (χ1) is 6.04. The number of hydrogen-bond donors (Lipinski definition) is 2. The molecule has 2 nitrogen and oxygen atoms in total. The molecule has 0 amide bonds. The van der Waals surface area contributed by atoms with Crippen molar-refractivity contribution in [2.75, 3.05) is 0 Å². The summed E-state index contributed by atoms with van der Waals surface area (Å²) in [4.78, 5) is 0. The lowest BCUT2D eigenvalue weighted by molar-refractivity contribution is -0.0711. The summed E-state index contributed by atoms with van der Waals surface area (Å²) in [5, 5.41) is 19.5. The van der Waals surface area contributed by atoms with Crippen LogP contribution in [0.1, 0.15) is 59.3 Å². The Hall–Kier alpha value is -0.0800. The molecule has 0 aliphatic carbocycles. The Kier molecular flexibility index (Phi) is 6.35. The standard InChI is InChI=1S/C11H24O2/c1-4-6-7-8-10(12)11(3,13)9-5-2/h10,12-13H,4-9H2,1-3H3. The van der Waals surface area contributed by atoms with Gasteiger partial charge in [0.15, 0.2) is 0 Å². The number of rotatable bonds is 7. The molecule has 2 heteroatoms. The van der Waals surface area contributed by atoms with Gasteiger partial charge in [0.05, 0.1) is 11.7 Å². The van der Waals surface area contributed by atoms with Gasteiger partial charge in [-0.15, -0.1) is 0 Å². The Morgan fingerprint density at radius 1 is 1.15 bits per heavy atom. The van der Waals surface area contributed by atoms with Crippen LogP contribution >= 0.6 is 0 Å². The zero-order valence-corrected chi connectivity index (χ0v) is 9.21. The van der Waals surface area contributed by atoms with Crippen LogP contribution in [0.2, 0.25) is 0 Å². The molecule has 0 radical (unpaired) electrons. The van der Waals surface area contributed by atoms with Crippen molar-refractivity contribution in [3.63, 3.8) is 0 Å². The summed E-state index contributed by atoms with van der Waals surface area (Å²) >= 11 is 0. The van der Waals surface area contributed by atoms with E-state index in [9.17, 15) is 10.2 Å². The molecule has 0 fully saturated rings. The first-order valence-corrected chi connectivity index (χ1v) is 5.45. The highest BCUT2D eigenvalue weighted by Crippen LogP contribution is 2.20. The van der Waals surface area contributed by atoms with Gasteiger partial charge < -0.3 is 10.2 Å². The zero-order valence-electron chi connectivity index (χ0n) is 9.21. The maximum atomic E-state index is 9.83. The normalized spacial score (nSPS) is 18.2. The maximum Gasteiger partial charge on any atom is 0.0877 e. The van der Waals surface area contributed by atoms with Crippen molar-refractivity contribution in [1.29, 1.82) is 0 Å². The fourth-order valence-corrected chi connectivity index (χ4v) is 1.57. The topological polar surface area (TPSA) is 40.5 Å². The van der Waals surface area contributed by atoms with Crippen LogP contribution in [0.15, 0.2) is 0 Å². The third-order valence-electron chi connectivity index (χ3n) is 2.56. The van der Waals surface area contributed by atoms with Crippen LogP contribution in [0, 0.1) is 0 Å². The minimum Gasteiger partial charge on any atom is -0.390 e. The van der Waals surface area contributed by atoms with E-state index in [1.54, 1.807) is 6.92 Å². The minimum absolute atomic E-state index is 0.556. The second kappa shape index (κ2) is 6.39. The Morgan fingerprint density at radius 3 is 2.23 bits per heavy atom. The fraction of sp³-hybridized carbons (Fsp3) is 1.00. The summed E-state index contributed by atoms with van der Waals surface area (Å²) in [6, 6.07) is 0. The number of aliphatic hydroxyl groups excluding tert-OH is 1. The predicted octanol–water partition coefficient (Wildman–Crippen LogP) is 2.48. The predicted molar refractivity (Wildman–Crippen MR) is 55.7 cm³/mol. The number of unbranched alkanes of at least 4 members (excludes halogenated alkanes) is 2. The van der Waals surface area contributed by atoms with E-state index in [4.69, 9.17) is 0 Å². The Labute approximate surface area is 82.0 Å². The molecule has 0 saturated heterocycles. The Balaban J connectivity index is 3.72. The molecule has 13 heavy (non-hydrogen) atoms. The third kappa shape index (κ3) is 5.27. The van der Waals surface area contributed by atoms with E-state index in [0.717, 1.165) is 32.1 Å². The van der Waals surface area contributed by atoms with Gasteiger partial charge >= 0.3 is 0 Å². The highest BCUT2D eigenvalue weighted by molar-refractivity contribution is 4.80. The summed E-state index contributed by atoms with van der Waals surface area (Å²) in [7, 11) is 0. The molecule has 0 rings (SSSR count). The van der Waals surface area contributed by atoms with Crippen molar-refractivity contribution in [3.05, 3.63) is 0 Å². The first kappa shape index (κ1) is 12.9. The highest BCUT2D eigenvalue weighted by Gasteiger charge is 2.28. The SMILES string of the molecule is CCCCCC(O)C(C)(O)CCC. The molecule has 0 aromatic heterocycles. The Morgan fingerprint density at radius 2 is 1.77 bits per heavy atom. The molecule has 2 unspecified atom stereocenters. The van der Waals surface area contributed by atoms with Gasteiger partial charge in [-0.1, -0.05) is 39.5 Å². The summed E-state index contributed by atoms with van der Waals surface area (Å²) in [5.41, 5.74) is -0.886. The molecule has 0 aromatic rings. The van der Waals surface area contributed by atoms with Crippen LogP contribution in [0.25, 0.3) is 0 Å². The molecule has 0 saturated carbocycles. The van der Waals surface area contributed by atoms with Gasteiger partial charge in [0.1, 0.15) is 0 Å². The van der Waals surface area contributed by atoms with Crippen LogP contribution in [-0.4, -0.2) is 21.9 Å². The molecular formula is C11H24O2. The van der Waals surface area contributed by atoms with Crippen molar-refractivity contribution in [1.82, 2.24) is 0 Å². The van der Waals surface area contributed by atoms with Crippen LogP contribution < -0.4 is 0 Å². The van der Waals surface area contributed by atoms with Crippen LogP contribution in [0.5, 0.6) is 0 Å². The van der Waals surface area contributed by atoms with E-state index in [-0.39, 0.29) is 0 Å². The fourth-order valence-electron chi connectivity index (χ4n) is 1.57. The van der Waals surface area contributed by atoms with E-state index in [1.165, 1.54) is 0 Å². The van der Waals surface area contributed by atoms with Gasteiger partial charge in [0.25, 0.3) is 0 Å². The first-order valence-electron chi connectivity index (χ1n) is 5.45. The lowest BCUT2D eigenvalue weighted by Crippen LogP contribution is -2.38. The second-order valence-corrected chi connectivity index (χ2v) is 4.12. The van der Waals surface area contributed by atoms with Gasteiger partial charge in [-0.3, -0.25) is 0 Å². The molecule has 2 atom stereocenters. The maximum absolute atomic E-state index is 9.83. The molecule has 0 aliphatic rings. The average Bonchev–Trinajstić information content (AvgIpc) is 2.04. The lowest BCUT2D eigenvalue weighted by Gasteiger charge is -2.28. The van der Waals surface area contributed by atoms with Gasteiger partial charge in [-0.05, 0) is 19.8 Å². The van der Waals surface area contributed by atoms with E-state index in [1.807, 2.05) is 6.92 Å². The summed E-state index contributed by atoms with van der Waals surface area (Å²) in [6.07, 6.45) is 5.07. The molecule has 2 N–H and O–H groups in total. The minimum atomic E-state index is -0.886. The van der Waals surface area contributed by atoms with Gasteiger partial charge in [-0.2, -0.15) is 0 Å². The quantitative estimate of drug-likeness (QED) is 0.603. The van der Waals surface area contributed by atoms with E-state index in [2.05, 4.69) is 6.92 Å². The molecular weight excluding hydrogens is 164 g/mol. The molecule has 0 heterocycles. The second-order valence-electron chi connectivity index (χ2n) is 4.12. The monoisotopic (exact) mass is 188 g/mol. The largest absolute Gasteiger partial charge is 0.390 e. The molecule has 0 aliphatic heterocycles. The molecule has 0 spiro atoms. The van der Waals surface area contributed by atoms with Crippen molar-refractivity contribution in [2.45, 2.75) is 71.0 Å². The summed E-state index contributed by atoms with van der Waals surface area (Å²) in [5.74, 6) is 0. The highest BCUT2D eigenvalue weighted by atomic mass is 16.3. The van der Waals surface area contributed by atoms with E-state index >= 15 is 0 Å². The van der Waals surface area contributed by atoms with Crippen LogP contribution in [0.4, 0.5) is 0 Å². The molecule has 80 valence electrons. The number of aliphatic hydroxyl groups is 2. The van der Waals surface area contributed by atoms with Crippen molar-refractivity contribution < 1.29 is 10.2 Å². The lowest BCUT2D eigenvalue weighted by atomic mass is 9.90. The van der Waals surface area contributed by atoms with E-state index in [0.29, 0.717) is 6.42 Å². The molecule has 0 bridgehead atoms. The Bertz CT molecular complexity index is 121. The van der Waals surface area contributed by atoms with Crippen molar-refractivity contribution >= 4 is 0 Å². The smallest absolute Gasteiger partial charge is 0.0877 e. The van der Waals surface area contributed by atoms with Gasteiger partial charge in [0, 0.05) is 0 Å². The van der Waals surface area contributed by atoms with Crippen LogP contribution in [0.3, 0.4) is 0 Å². The average molecular weight is 188 g/mol. The zero-order chi connectivity index (χ0) is 10.3. The van der Waals surface area contributed by atoms with Crippen molar-refractivity contribution in [2.24, 2.45) is 0 Å². The van der Waals surface area contributed by atoms with Gasteiger partial charge in [-0.25, -0.2) is 0 Å². The molecule has 0 aromatic carbocycles. The van der Waals surface area contributed by atoms with Crippen molar-refractivity contribution in [3.8, 4) is 0 Å². The summed E-state index contributed by atoms with van der Waals surface area (Å²) < 4.78 is 0.